The molecule has 0 bridgehead atoms. The minimum absolute atomic E-state index is 0.00332. The van der Waals surface area contributed by atoms with Gasteiger partial charge in [-0.05, 0) is 48.6 Å². The van der Waals surface area contributed by atoms with E-state index in [1.165, 1.54) is 4.90 Å². The van der Waals surface area contributed by atoms with Crippen LogP contribution in [0.15, 0.2) is 47.4 Å². The molecule has 6 heteroatoms. The van der Waals surface area contributed by atoms with Gasteiger partial charge in [-0.3, -0.25) is 9.59 Å². The smallest absolute Gasteiger partial charge is 0.228 e. The first-order chi connectivity index (χ1) is 13.4. The first-order valence-electron chi connectivity index (χ1n) is 9.26. The number of amides is 2. The van der Waals surface area contributed by atoms with Gasteiger partial charge in [0.25, 0.3) is 0 Å². The van der Waals surface area contributed by atoms with Gasteiger partial charge in [0.05, 0.1) is 18.7 Å². The van der Waals surface area contributed by atoms with E-state index in [-0.39, 0.29) is 24.2 Å². The molecule has 1 unspecified atom stereocenters. The van der Waals surface area contributed by atoms with Crippen molar-refractivity contribution in [1.29, 1.82) is 0 Å². The van der Waals surface area contributed by atoms with E-state index in [2.05, 4.69) is 12.1 Å². The quantitative estimate of drug-likeness (QED) is 0.696. The molecule has 1 fully saturated rings. The van der Waals surface area contributed by atoms with Crippen LogP contribution in [0.1, 0.15) is 17.5 Å². The number of rotatable bonds is 6. The van der Waals surface area contributed by atoms with Gasteiger partial charge in [-0.25, -0.2) is 0 Å². The minimum Gasteiger partial charge on any atom is -0.495 e. The third kappa shape index (κ3) is 4.33. The van der Waals surface area contributed by atoms with Crippen molar-refractivity contribution in [2.45, 2.75) is 24.8 Å². The van der Waals surface area contributed by atoms with E-state index in [9.17, 15) is 9.59 Å². The Morgan fingerprint density at radius 2 is 1.96 bits per heavy atom. The Kier molecular flexibility index (Phi) is 6.29. The summed E-state index contributed by atoms with van der Waals surface area (Å²) in [5.74, 6) is 0.263. The van der Waals surface area contributed by atoms with Crippen LogP contribution in [0.2, 0.25) is 0 Å². The predicted molar refractivity (Wildman–Crippen MR) is 113 cm³/mol. The molecule has 0 saturated carbocycles. The van der Waals surface area contributed by atoms with Crippen LogP contribution < -0.4 is 9.64 Å². The van der Waals surface area contributed by atoms with E-state index in [0.29, 0.717) is 18.8 Å². The van der Waals surface area contributed by atoms with E-state index < -0.39 is 0 Å². The number of carbonyl (C=O) groups is 2. The number of carbonyl (C=O) groups excluding carboxylic acids is 2. The second kappa shape index (κ2) is 8.69. The summed E-state index contributed by atoms with van der Waals surface area (Å²) in [6.45, 7) is 2.89. The van der Waals surface area contributed by atoms with Crippen LogP contribution >= 0.6 is 11.8 Å². The molecule has 1 aliphatic rings. The standard InChI is InChI=1S/C22H26N2O3S/c1-15-5-10-20(27-3)19(11-15)24-14-17(12-21(24)25)22(26)23(2)13-16-6-8-18(28-4)9-7-16/h5-11,17H,12-14H2,1-4H3. The van der Waals surface area contributed by atoms with Gasteiger partial charge < -0.3 is 14.5 Å². The highest BCUT2D eigenvalue weighted by atomic mass is 32.2. The van der Waals surface area contributed by atoms with Crippen molar-refractivity contribution in [2.75, 3.05) is 31.9 Å². The Morgan fingerprint density at radius 3 is 2.61 bits per heavy atom. The predicted octanol–water partition coefficient (Wildman–Crippen LogP) is 3.74. The zero-order valence-electron chi connectivity index (χ0n) is 16.8. The molecule has 1 heterocycles. The summed E-state index contributed by atoms with van der Waals surface area (Å²) in [5.41, 5.74) is 2.86. The lowest BCUT2D eigenvalue weighted by Crippen LogP contribution is -2.34. The van der Waals surface area contributed by atoms with Crippen LogP contribution in [0.25, 0.3) is 0 Å². The molecule has 2 aromatic rings. The minimum atomic E-state index is -0.340. The van der Waals surface area contributed by atoms with E-state index in [4.69, 9.17) is 4.74 Å². The van der Waals surface area contributed by atoms with Gasteiger partial charge in [-0.1, -0.05) is 18.2 Å². The number of anilines is 1. The molecular formula is C22H26N2O3S. The Labute approximate surface area is 170 Å². The van der Waals surface area contributed by atoms with Gasteiger partial charge in [-0.15, -0.1) is 11.8 Å². The second-order valence-corrected chi connectivity index (χ2v) is 8.00. The lowest BCUT2D eigenvalue weighted by molar-refractivity contribution is -0.135. The summed E-state index contributed by atoms with van der Waals surface area (Å²) in [6.07, 6.45) is 2.27. The van der Waals surface area contributed by atoms with Gasteiger partial charge in [0, 0.05) is 31.5 Å². The largest absolute Gasteiger partial charge is 0.495 e. The molecule has 1 atom stereocenters. The van der Waals surface area contributed by atoms with Crippen molar-refractivity contribution in [3.05, 3.63) is 53.6 Å². The first kappa shape index (κ1) is 20.3. The first-order valence-corrected chi connectivity index (χ1v) is 10.5. The normalized spacial score (nSPS) is 16.4. The van der Waals surface area contributed by atoms with Crippen molar-refractivity contribution in [3.63, 3.8) is 0 Å². The van der Waals surface area contributed by atoms with Gasteiger partial charge in [-0.2, -0.15) is 0 Å². The van der Waals surface area contributed by atoms with Gasteiger partial charge in [0.15, 0.2) is 0 Å². The highest BCUT2D eigenvalue weighted by molar-refractivity contribution is 7.98. The number of aryl methyl sites for hydroxylation is 1. The number of methoxy groups -OCH3 is 1. The molecule has 1 aliphatic heterocycles. The van der Waals surface area contributed by atoms with Crippen molar-refractivity contribution >= 4 is 29.3 Å². The van der Waals surface area contributed by atoms with Crippen LogP contribution in [-0.2, 0) is 16.1 Å². The molecule has 5 nitrogen and oxygen atoms in total. The molecule has 0 aliphatic carbocycles. The zero-order valence-corrected chi connectivity index (χ0v) is 17.6. The zero-order chi connectivity index (χ0) is 20.3. The highest BCUT2D eigenvalue weighted by Crippen LogP contribution is 2.34. The number of hydrogen-bond donors (Lipinski definition) is 0. The second-order valence-electron chi connectivity index (χ2n) is 7.12. The molecular weight excluding hydrogens is 372 g/mol. The third-order valence-electron chi connectivity index (χ3n) is 5.05. The molecule has 148 valence electrons. The van der Waals surface area contributed by atoms with Crippen molar-refractivity contribution in [2.24, 2.45) is 5.92 Å². The molecule has 0 aromatic heterocycles. The maximum atomic E-state index is 12.9. The SMILES string of the molecule is COc1ccc(C)cc1N1CC(C(=O)N(C)Cc2ccc(SC)cc2)CC1=O. The van der Waals surface area contributed by atoms with Gasteiger partial charge in [0.1, 0.15) is 5.75 Å². The van der Waals surface area contributed by atoms with E-state index in [1.54, 1.807) is 35.7 Å². The van der Waals surface area contributed by atoms with E-state index >= 15 is 0 Å². The van der Waals surface area contributed by atoms with Crippen LogP contribution in [0.5, 0.6) is 5.75 Å². The molecule has 0 N–H and O–H groups in total. The fourth-order valence-electron chi connectivity index (χ4n) is 3.51. The molecule has 3 rings (SSSR count). The Bertz CT molecular complexity index is 867. The Balaban J connectivity index is 1.70. The summed E-state index contributed by atoms with van der Waals surface area (Å²) in [4.78, 5) is 30.1. The maximum absolute atomic E-state index is 12.9. The molecule has 2 amide bonds. The highest BCUT2D eigenvalue weighted by Gasteiger charge is 2.37. The molecule has 28 heavy (non-hydrogen) atoms. The number of hydrogen-bond acceptors (Lipinski definition) is 4. The van der Waals surface area contributed by atoms with E-state index in [0.717, 1.165) is 16.8 Å². The number of thioether (sulfide) groups is 1. The fraction of sp³-hybridized carbons (Fsp3) is 0.364. The topological polar surface area (TPSA) is 49.9 Å². The van der Waals surface area contributed by atoms with Crippen molar-refractivity contribution < 1.29 is 14.3 Å². The van der Waals surface area contributed by atoms with Crippen LogP contribution in [0.4, 0.5) is 5.69 Å². The number of benzene rings is 2. The molecule has 1 saturated heterocycles. The Morgan fingerprint density at radius 1 is 1.25 bits per heavy atom. The van der Waals surface area contributed by atoms with Crippen LogP contribution in [0, 0.1) is 12.8 Å². The van der Waals surface area contributed by atoms with Crippen LogP contribution in [-0.4, -0.2) is 43.7 Å². The Hall–Kier alpha value is -2.47. The summed E-state index contributed by atoms with van der Waals surface area (Å²) in [7, 11) is 3.39. The molecule has 2 aromatic carbocycles. The average Bonchev–Trinajstić information content (AvgIpc) is 3.09. The average molecular weight is 399 g/mol. The number of ether oxygens (including phenoxy) is 1. The fourth-order valence-corrected chi connectivity index (χ4v) is 3.92. The van der Waals surface area contributed by atoms with E-state index in [1.807, 2.05) is 43.5 Å². The van der Waals surface area contributed by atoms with Crippen LogP contribution in [0.3, 0.4) is 0 Å². The lowest BCUT2D eigenvalue weighted by atomic mass is 10.1. The third-order valence-corrected chi connectivity index (χ3v) is 5.80. The number of nitrogens with zero attached hydrogens (tertiary/aromatic N) is 2. The lowest BCUT2D eigenvalue weighted by Gasteiger charge is -2.22. The summed E-state index contributed by atoms with van der Waals surface area (Å²) in [5, 5.41) is 0. The van der Waals surface area contributed by atoms with Gasteiger partial charge >= 0.3 is 0 Å². The summed E-state index contributed by atoms with van der Waals surface area (Å²) >= 11 is 1.69. The molecule has 0 spiro atoms. The van der Waals surface area contributed by atoms with Gasteiger partial charge in [0.2, 0.25) is 11.8 Å². The summed E-state index contributed by atoms with van der Waals surface area (Å²) in [6, 6.07) is 13.9. The van der Waals surface area contributed by atoms with Crippen molar-refractivity contribution in [1.82, 2.24) is 4.90 Å². The monoisotopic (exact) mass is 398 g/mol. The molecule has 0 radical (unpaired) electrons. The van der Waals surface area contributed by atoms with Crippen molar-refractivity contribution in [3.8, 4) is 5.75 Å². The summed E-state index contributed by atoms with van der Waals surface area (Å²) < 4.78 is 5.41. The maximum Gasteiger partial charge on any atom is 0.228 e.